The monoisotopic (exact) mass is 407 g/mol. The molecule has 3 N–H and O–H groups in total. The molecule has 0 radical (unpaired) electrons. The predicted octanol–water partition coefficient (Wildman–Crippen LogP) is 4.11. The lowest BCUT2D eigenvalue weighted by molar-refractivity contribution is -0.140. The predicted molar refractivity (Wildman–Crippen MR) is 106 cm³/mol. The third-order valence-electron chi connectivity index (χ3n) is 4.36. The van der Waals surface area contributed by atoms with Gasteiger partial charge in [-0.1, -0.05) is 54.7 Å². The molecule has 0 aromatic heterocycles. The Balaban J connectivity index is 2.13. The first-order valence-electron chi connectivity index (χ1n) is 8.56. The molecule has 2 aromatic carbocycles. The maximum atomic E-state index is 13.0. The molecule has 8 heteroatoms. The topological polar surface area (TPSA) is 81.7 Å². The Morgan fingerprint density at radius 2 is 1.96 bits per heavy atom. The van der Waals surface area contributed by atoms with E-state index in [0.717, 1.165) is 17.7 Å². The van der Waals surface area contributed by atoms with Crippen LogP contribution in [-0.4, -0.2) is 23.6 Å². The van der Waals surface area contributed by atoms with E-state index >= 15 is 0 Å². The van der Waals surface area contributed by atoms with Crippen LogP contribution >= 0.6 is 23.2 Å². The molecule has 1 atom stereocenters. The van der Waals surface area contributed by atoms with Crippen molar-refractivity contribution in [1.82, 2.24) is 5.32 Å². The molecule has 142 valence electrons. The van der Waals surface area contributed by atoms with Crippen LogP contribution in [0.25, 0.3) is 0 Å². The van der Waals surface area contributed by atoms with Crippen molar-refractivity contribution in [3.05, 3.63) is 58.1 Å². The van der Waals surface area contributed by atoms with Crippen molar-refractivity contribution in [2.75, 3.05) is 16.8 Å². The highest BCUT2D eigenvalue weighted by molar-refractivity contribution is 6.42. The van der Waals surface area contributed by atoms with E-state index in [-0.39, 0.29) is 16.3 Å². The summed E-state index contributed by atoms with van der Waals surface area (Å²) < 4.78 is 0. The molecule has 3 amide bonds. The molecule has 0 aliphatic carbocycles. The van der Waals surface area contributed by atoms with Gasteiger partial charge in [0.25, 0.3) is 11.6 Å². The molecule has 0 bridgehead atoms. The normalized spacial score (nSPS) is 18.7. The van der Waals surface area contributed by atoms with E-state index in [4.69, 9.17) is 23.2 Å². The van der Waals surface area contributed by atoms with Crippen LogP contribution in [0.2, 0.25) is 10.0 Å². The summed E-state index contributed by atoms with van der Waals surface area (Å²) in [6.45, 7) is 2.38. The van der Waals surface area contributed by atoms with Gasteiger partial charge in [0.15, 0.2) is 0 Å². The van der Waals surface area contributed by atoms with Gasteiger partial charge in [0.05, 0.1) is 21.4 Å². The highest BCUT2D eigenvalue weighted by atomic mass is 35.5. The number of hydrogen-bond acceptors (Lipinski definition) is 3. The van der Waals surface area contributed by atoms with Gasteiger partial charge < -0.3 is 15.7 Å². The largest absolute Gasteiger partial charge is 0.359 e. The van der Waals surface area contributed by atoms with E-state index < -0.39 is 17.7 Å². The van der Waals surface area contributed by atoms with E-state index in [1.165, 1.54) is 18.2 Å². The Bertz CT molecular complexity index is 890. The van der Waals surface area contributed by atoms with Gasteiger partial charge in [-0.3, -0.25) is 9.69 Å². The summed E-state index contributed by atoms with van der Waals surface area (Å²) in [6.07, 6.45) is 1.63. The minimum absolute atomic E-state index is 0.203. The van der Waals surface area contributed by atoms with Crippen LogP contribution in [0.5, 0.6) is 0 Å². The molecule has 2 aromatic rings. The maximum absolute atomic E-state index is 13.0. The molecule has 0 saturated heterocycles. The smallest absolute Gasteiger partial charge is 0.329 e. The van der Waals surface area contributed by atoms with Crippen molar-refractivity contribution in [2.45, 2.75) is 25.5 Å². The lowest BCUT2D eigenvalue weighted by Crippen LogP contribution is -2.62. The zero-order valence-corrected chi connectivity index (χ0v) is 16.1. The summed E-state index contributed by atoms with van der Waals surface area (Å²) >= 11 is 12.0. The van der Waals surface area contributed by atoms with Crippen molar-refractivity contribution in [3.8, 4) is 0 Å². The number of aliphatic hydroxyl groups is 1. The maximum Gasteiger partial charge on any atom is 0.329 e. The second-order valence-electron chi connectivity index (χ2n) is 6.19. The van der Waals surface area contributed by atoms with Gasteiger partial charge in [-0.05, 0) is 30.7 Å². The third kappa shape index (κ3) is 3.48. The first-order valence-corrected chi connectivity index (χ1v) is 9.31. The minimum atomic E-state index is -2.23. The van der Waals surface area contributed by atoms with Crippen molar-refractivity contribution in [3.63, 3.8) is 0 Å². The molecule has 1 heterocycles. The number of rotatable bonds is 5. The minimum Gasteiger partial charge on any atom is -0.359 e. The van der Waals surface area contributed by atoms with Crippen LogP contribution < -0.4 is 15.5 Å². The fourth-order valence-corrected chi connectivity index (χ4v) is 3.28. The lowest BCUT2D eigenvalue weighted by atomic mass is 9.94. The van der Waals surface area contributed by atoms with Gasteiger partial charge in [-0.15, -0.1) is 0 Å². The van der Waals surface area contributed by atoms with E-state index in [9.17, 15) is 14.7 Å². The molecule has 6 nitrogen and oxygen atoms in total. The van der Waals surface area contributed by atoms with Gasteiger partial charge in [-0.2, -0.15) is 0 Å². The van der Waals surface area contributed by atoms with Crippen LogP contribution in [0.4, 0.5) is 16.2 Å². The van der Waals surface area contributed by atoms with Crippen LogP contribution in [-0.2, 0) is 10.5 Å². The molecule has 0 unspecified atom stereocenters. The summed E-state index contributed by atoms with van der Waals surface area (Å²) in [4.78, 5) is 26.8. The first kappa shape index (κ1) is 19.5. The molecule has 0 saturated carbocycles. The van der Waals surface area contributed by atoms with Gasteiger partial charge in [0.2, 0.25) is 0 Å². The van der Waals surface area contributed by atoms with Crippen molar-refractivity contribution in [1.29, 1.82) is 0 Å². The number of fused-ring (bicyclic) bond motifs is 1. The second-order valence-corrected chi connectivity index (χ2v) is 7.01. The number of anilines is 2. The zero-order valence-electron chi connectivity index (χ0n) is 14.6. The van der Waals surface area contributed by atoms with E-state index in [0.29, 0.717) is 17.3 Å². The van der Waals surface area contributed by atoms with Gasteiger partial charge in [-0.25, -0.2) is 4.79 Å². The average Bonchev–Trinajstić information content (AvgIpc) is 2.64. The number of hydrogen-bond donors (Lipinski definition) is 3. The number of carbonyl (C=O) groups is 2. The van der Waals surface area contributed by atoms with Crippen molar-refractivity contribution >= 4 is 46.5 Å². The SMILES string of the molecule is CCCCNC(=O)[C@]1(O)c2ccccc2NC(=O)N1c1ccc(Cl)c(Cl)c1. The number of unbranched alkanes of at least 4 members (excludes halogenated alkanes) is 1. The first-order chi connectivity index (χ1) is 12.9. The highest BCUT2D eigenvalue weighted by Crippen LogP contribution is 2.41. The zero-order chi connectivity index (χ0) is 19.6. The Morgan fingerprint density at radius 3 is 2.67 bits per heavy atom. The number of nitrogens with one attached hydrogen (secondary N) is 2. The average molecular weight is 408 g/mol. The molecule has 3 rings (SSSR count). The number of amides is 3. The van der Waals surface area contributed by atoms with Crippen LogP contribution in [0.3, 0.4) is 0 Å². The standard InChI is InChI=1S/C19H19Cl2N3O3/c1-2-3-10-22-17(25)19(27)13-6-4-5-7-16(13)23-18(26)24(19)12-8-9-14(20)15(21)11-12/h4-9,11,27H,2-3,10H2,1H3,(H,22,25)(H,23,26)/t19-/m1/s1. The number of carbonyl (C=O) groups excluding carboxylic acids is 2. The summed E-state index contributed by atoms with van der Waals surface area (Å²) in [7, 11) is 0. The summed E-state index contributed by atoms with van der Waals surface area (Å²) in [5.41, 5.74) is -1.36. The third-order valence-corrected chi connectivity index (χ3v) is 5.10. The number of benzene rings is 2. The quantitative estimate of drug-likeness (QED) is 0.652. The Kier molecular flexibility index (Phi) is 5.60. The van der Waals surface area contributed by atoms with Gasteiger partial charge >= 0.3 is 6.03 Å². The van der Waals surface area contributed by atoms with Gasteiger partial charge in [0, 0.05) is 12.1 Å². The van der Waals surface area contributed by atoms with Crippen LogP contribution in [0, 0.1) is 0 Å². The number of para-hydroxylation sites is 1. The molecular weight excluding hydrogens is 389 g/mol. The number of halogens is 2. The summed E-state index contributed by atoms with van der Waals surface area (Å²) in [5.74, 6) is -0.690. The second kappa shape index (κ2) is 7.76. The molecule has 0 fully saturated rings. The van der Waals surface area contributed by atoms with Crippen molar-refractivity contribution in [2.24, 2.45) is 0 Å². The lowest BCUT2D eigenvalue weighted by Gasteiger charge is -2.42. The van der Waals surface area contributed by atoms with E-state index in [1.807, 2.05) is 6.92 Å². The van der Waals surface area contributed by atoms with Gasteiger partial charge in [0.1, 0.15) is 0 Å². The Labute approximate surface area is 167 Å². The van der Waals surface area contributed by atoms with E-state index in [2.05, 4.69) is 10.6 Å². The molecule has 1 aliphatic heterocycles. The number of urea groups is 1. The fraction of sp³-hybridized carbons (Fsp3) is 0.263. The molecular formula is C19H19Cl2N3O3. The van der Waals surface area contributed by atoms with Crippen molar-refractivity contribution < 1.29 is 14.7 Å². The highest BCUT2D eigenvalue weighted by Gasteiger charge is 2.51. The Hall–Kier alpha value is -2.28. The Morgan fingerprint density at radius 1 is 1.22 bits per heavy atom. The fourth-order valence-electron chi connectivity index (χ4n) is 2.99. The molecule has 0 spiro atoms. The van der Waals surface area contributed by atoms with Crippen LogP contribution in [0.15, 0.2) is 42.5 Å². The summed E-state index contributed by atoms with van der Waals surface area (Å²) in [5, 5.41) is 17.4. The summed E-state index contributed by atoms with van der Waals surface area (Å²) in [6, 6.07) is 10.4. The molecule has 27 heavy (non-hydrogen) atoms. The van der Waals surface area contributed by atoms with E-state index in [1.54, 1.807) is 24.3 Å². The molecule has 1 aliphatic rings. The number of nitrogens with zero attached hydrogens (tertiary/aromatic N) is 1. The van der Waals surface area contributed by atoms with Crippen LogP contribution in [0.1, 0.15) is 25.3 Å².